The molecule has 0 atom stereocenters. The highest BCUT2D eigenvalue weighted by Gasteiger charge is 2.35. The van der Waals surface area contributed by atoms with Crippen molar-refractivity contribution in [3.63, 3.8) is 0 Å². The summed E-state index contributed by atoms with van der Waals surface area (Å²) in [5, 5.41) is 5.89. The Hall–Kier alpha value is -2.93. The summed E-state index contributed by atoms with van der Waals surface area (Å²) in [4.78, 5) is 15.0. The van der Waals surface area contributed by atoms with Crippen LogP contribution in [-0.4, -0.2) is 21.4 Å². The fraction of sp³-hybridized carbons (Fsp3) is 0.154. The molecule has 34 heavy (non-hydrogen) atoms. The molecule has 0 amide bonds. The van der Waals surface area contributed by atoms with E-state index >= 15 is 0 Å². The Morgan fingerprint density at radius 1 is 0.912 bits per heavy atom. The maximum atomic E-state index is 13.3. The second-order valence-corrected chi connectivity index (χ2v) is 9.94. The van der Waals surface area contributed by atoms with E-state index in [0.29, 0.717) is 21.7 Å². The SMILES string of the molecule is Cc1nn(-c2ccccc2)c(OC(=O)C(C)(C)Oc2ccc(Cl)cc2)c1Sc1ccc(Cl)cc1. The van der Waals surface area contributed by atoms with E-state index in [2.05, 4.69) is 5.10 Å². The van der Waals surface area contributed by atoms with Gasteiger partial charge in [0.25, 0.3) is 0 Å². The van der Waals surface area contributed by atoms with Crippen molar-refractivity contribution in [2.24, 2.45) is 0 Å². The number of hydrogen-bond acceptors (Lipinski definition) is 5. The van der Waals surface area contributed by atoms with Crippen molar-refractivity contribution in [1.82, 2.24) is 9.78 Å². The van der Waals surface area contributed by atoms with Gasteiger partial charge < -0.3 is 9.47 Å². The van der Waals surface area contributed by atoms with E-state index in [-0.39, 0.29) is 0 Å². The predicted octanol–water partition coefficient (Wildman–Crippen LogP) is 7.40. The summed E-state index contributed by atoms with van der Waals surface area (Å²) >= 11 is 13.4. The van der Waals surface area contributed by atoms with Crippen LogP contribution in [0.25, 0.3) is 5.69 Å². The molecule has 4 rings (SSSR count). The zero-order valence-electron chi connectivity index (χ0n) is 18.8. The van der Waals surface area contributed by atoms with Crippen LogP contribution in [0.1, 0.15) is 19.5 Å². The third kappa shape index (κ3) is 5.58. The smallest absolute Gasteiger partial charge is 0.356 e. The Kier molecular flexibility index (Phi) is 7.22. The number of benzene rings is 3. The maximum Gasteiger partial charge on any atom is 0.356 e. The Morgan fingerprint density at radius 2 is 1.50 bits per heavy atom. The van der Waals surface area contributed by atoms with Crippen molar-refractivity contribution in [3.05, 3.63) is 94.6 Å². The third-order valence-electron chi connectivity index (χ3n) is 4.87. The molecule has 0 N–H and O–H groups in total. The zero-order valence-corrected chi connectivity index (χ0v) is 21.1. The number of hydrogen-bond donors (Lipinski definition) is 0. The van der Waals surface area contributed by atoms with Crippen molar-refractivity contribution in [2.45, 2.75) is 36.2 Å². The highest BCUT2D eigenvalue weighted by molar-refractivity contribution is 7.99. The lowest BCUT2D eigenvalue weighted by Crippen LogP contribution is -2.41. The molecular formula is C26H22Cl2N2O3S. The molecule has 4 aromatic rings. The van der Waals surface area contributed by atoms with Gasteiger partial charge in [-0.2, -0.15) is 9.78 Å². The minimum atomic E-state index is -1.27. The minimum Gasteiger partial charge on any atom is -0.476 e. The lowest BCUT2D eigenvalue weighted by Gasteiger charge is -2.24. The number of carbonyl (C=O) groups is 1. The highest BCUT2D eigenvalue weighted by atomic mass is 35.5. The van der Waals surface area contributed by atoms with E-state index in [1.807, 2.05) is 61.5 Å². The van der Waals surface area contributed by atoms with Gasteiger partial charge in [-0.15, -0.1) is 0 Å². The summed E-state index contributed by atoms with van der Waals surface area (Å²) in [6, 6.07) is 23.8. The van der Waals surface area contributed by atoms with Gasteiger partial charge in [0, 0.05) is 14.9 Å². The van der Waals surface area contributed by atoms with E-state index in [4.69, 9.17) is 32.7 Å². The summed E-state index contributed by atoms with van der Waals surface area (Å²) in [5.74, 6) is 0.272. The van der Waals surface area contributed by atoms with Crippen LogP contribution in [-0.2, 0) is 4.79 Å². The number of halogens is 2. The molecule has 8 heteroatoms. The first-order chi connectivity index (χ1) is 16.2. The molecule has 0 radical (unpaired) electrons. The first-order valence-corrected chi connectivity index (χ1v) is 12.1. The Bertz CT molecular complexity index is 1290. The van der Waals surface area contributed by atoms with Crippen LogP contribution in [0.15, 0.2) is 88.7 Å². The van der Waals surface area contributed by atoms with E-state index in [0.717, 1.165) is 21.2 Å². The van der Waals surface area contributed by atoms with Crippen LogP contribution in [0.3, 0.4) is 0 Å². The Labute approximate surface area is 212 Å². The van der Waals surface area contributed by atoms with Gasteiger partial charge in [0.2, 0.25) is 11.5 Å². The molecule has 3 aromatic carbocycles. The average Bonchev–Trinajstić information content (AvgIpc) is 3.12. The molecule has 0 saturated heterocycles. The summed E-state index contributed by atoms with van der Waals surface area (Å²) in [5.41, 5.74) is 0.228. The first-order valence-electron chi connectivity index (χ1n) is 10.5. The molecule has 0 aliphatic carbocycles. The second kappa shape index (κ2) is 10.1. The Balaban J connectivity index is 1.68. The van der Waals surface area contributed by atoms with Crippen LogP contribution in [0, 0.1) is 6.92 Å². The fourth-order valence-electron chi connectivity index (χ4n) is 3.11. The summed E-state index contributed by atoms with van der Waals surface area (Å²) in [7, 11) is 0. The monoisotopic (exact) mass is 512 g/mol. The van der Waals surface area contributed by atoms with Crippen LogP contribution in [0.5, 0.6) is 11.6 Å². The van der Waals surface area contributed by atoms with Gasteiger partial charge in [-0.25, -0.2) is 4.79 Å². The number of aryl methyl sites for hydroxylation is 1. The maximum absolute atomic E-state index is 13.3. The molecule has 0 fully saturated rings. The van der Waals surface area contributed by atoms with Crippen molar-refractivity contribution >= 4 is 40.9 Å². The van der Waals surface area contributed by atoms with Crippen molar-refractivity contribution < 1.29 is 14.3 Å². The van der Waals surface area contributed by atoms with E-state index in [9.17, 15) is 4.79 Å². The third-order valence-corrected chi connectivity index (χ3v) is 6.55. The normalized spacial score (nSPS) is 11.3. The molecule has 174 valence electrons. The van der Waals surface area contributed by atoms with Crippen LogP contribution in [0.2, 0.25) is 10.0 Å². The number of para-hydroxylation sites is 1. The largest absolute Gasteiger partial charge is 0.476 e. The molecule has 0 saturated carbocycles. The number of ether oxygens (including phenoxy) is 2. The molecule has 0 unspecified atom stereocenters. The summed E-state index contributed by atoms with van der Waals surface area (Å²) in [6.45, 7) is 5.20. The quantitative estimate of drug-likeness (QED) is 0.241. The van der Waals surface area contributed by atoms with Gasteiger partial charge in [0.15, 0.2) is 0 Å². The van der Waals surface area contributed by atoms with E-state index in [1.165, 1.54) is 11.8 Å². The molecule has 5 nitrogen and oxygen atoms in total. The standard InChI is InChI=1S/C26H22Cl2N2O3S/c1-17-23(34-22-15-11-19(28)12-16-22)24(30(29-17)20-7-5-4-6-8-20)32-25(31)26(2,3)33-21-13-9-18(27)10-14-21/h4-16H,1-3H3. The fourth-order valence-corrected chi connectivity index (χ4v) is 4.28. The number of esters is 1. The molecule has 0 aliphatic heterocycles. The molecule has 0 aliphatic rings. The predicted molar refractivity (Wildman–Crippen MR) is 136 cm³/mol. The van der Waals surface area contributed by atoms with Crippen LogP contribution >= 0.6 is 35.0 Å². The molecule has 1 aromatic heterocycles. The summed E-state index contributed by atoms with van der Waals surface area (Å²) in [6.07, 6.45) is 0. The number of aromatic nitrogens is 2. The molecule has 1 heterocycles. The Morgan fingerprint density at radius 3 is 2.12 bits per heavy atom. The number of carbonyl (C=O) groups excluding carboxylic acids is 1. The van der Waals surface area contributed by atoms with Crippen molar-refractivity contribution in [1.29, 1.82) is 0 Å². The topological polar surface area (TPSA) is 53.4 Å². The second-order valence-electron chi connectivity index (χ2n) is 7.98. The zero-order chi connectivity index (χ0) is 24.3. The lowest BCUT2D eigenvalue weighted by molar-refractivity contribution is -0.149. The molecule has 0 bridgehead atoms. The highest BCUT2D eigenvalue weighted by Crippen LogP contribution is 2.40. The molecular weight excluding hydrogens is 491 g/mol. The van der Waals surface area contributed by atoms with Gasteiger partial charge in [-0.1, -0.05) is 53.2 Å². The lowest BCUT2D eigenvalue weighted by atomic mass is 10.1. The van der Waals surface area contributed by atoms with E-state index in [1.54, 1.807) is 42.8 Å². The van der Waals surface area contributed by atoms with Gasteiger partial charge in [-0.3, -0.25) is 0 Å². The van der Waals surface area contributed by atoms with Gasteiger partial charge in [0.05, 0.1) is 16.3 Å². The van der Waals surface area contributed by atoms with Crippen LogP contribution < -0.4 is 9.47 Å². The van der Waals surface area contributed by atoms with Gasteiger partial charge >= 0.3 is 5.97 Å². The number of nitrogens with zero attached hydrogens (tertiary/aromatic N) is 2. The minimum absolute atomic E-state index is 0.321. The van der Waals surface area contributed by atoms with Crippen molar-refractivity contribution in [3.8, 4) is 17.3 Å². The number of rotatable bonds is 7. The summed E-state index contributed by atoms with van der Waals surface area (Å²) < 4.78 is 13.5. The van der Waals surface area contributed by atoms with E-state index < -0.39 is 11.6 Å². The average molecular weight is 513 g/mol. The van der Waals surface area contributed by atoms with Crippen molar-refractivity contribution in [2.75, 3.05) is 0 Å². The first kappa shape index (κ1) is 24.2. The van der Waals surface area contributed by atoms with Gasteiger partial charge in [0.1, 0.15) is 5.75 Å². The molecule has 0 spiro atoms. The van der Waals surface area contributed by atoms with Crippen LogP contribution in [0.4, 0.5) is 0 Å². The van der Waals surface area contributed by atoms with Gasteiger partial charge in [-0.05, 0) is 81.4 Å².